The Kier molecular flexibility index (Phi) is 5.27. The van der Waals surface area contributed by atoms with Crippen molar-refractivity contribution >= 4 is 0 Å². The highest BCUT2D eigenvalue weighted by molar-refractivity contribution is 5.40. The van der Waals surface area contributed by atoms with E-state index in [-0.39, 0.29) is 6.54 Å². The van der Waals surface area contributed by atoms with Gasteiger partial charge in [0.1, 0.15) is 11.5 Å². The average molecular weight is 263 g/mol. The number of benzene rings is 1. The van der Waals surface area contributed by atoms with Crippen LogP contribution in [0.2, 0.25) is 0 Å². The van der Waals surface area contributed by atoms with Gasteiger partial charge in [-0.25, -0.2) is 0 Å². The number of nitrogens with one attached hydrogen (secondary N) is 1. The topological polar surface area (TPSA) is 30.5 Å². The van der Waals surface area contributed by atoms with E-state index in [4.69, 9.17) is 9.47 Å². The summed E-state index contributed by atoms with van der Waals surface area (Å²) in [6.45, 7) is 0.181. The number of rotatable bonds is 6. The maximum atomic E-state index is 12.0. The molecule has 0 spiro atoms. The number of halogens is 3. The Morgan fingerprint density at radius 1 is 1.17 bits per heavy atom. The number of hydrogen-bond donors (Lipinski definition) is 1. The first-order chi connectivity index (χ1) is 8.46. The molecule has 0 aliphatic heterocycles. The Labute approximate surface area is 104 Å². The molecule has 1 N–H and O–H groups in total. The molecule has 18 heavy (non-hydrogen) atoms. The molecule has 0 unspecified atom stereocenters. The van der Waals surface area contributed by atoms with Crippen LogP contribution >= 0.6 is 0 Å². The van der Waals surface area contributed by atoms with Crippen molar-refractivity contribution < 1.29 is 22.6 Å². The highest BCUT2D eigenvalue weighted by atomic mass is 19.4. The first kappa shape index (κ1) is 14.6. The zero-order valence-electron chi connectivity index (χ0n) is 10.3. The van der Waals surface area contributed by atoms with Gasteiger partial charge in [-0.1, -0.05) is 0 Å². The summed E-state index contributed by atoms with van der Waals surface area (Å²) in [5, 5.41) is 2.73. The average Bonchev–Trinajstić information content (AvgIpc) is 2.33. The minimum atomic E-state index is -4.13. The fraction of sp³-hybridized carbons (Fsp3) is 0.500. The SMILES string of the molecule is COc1ccc(OC)c(CNCCC(F)(F)F)c1. The molecule has 0 amide bonds. The second kappa shape index (κ2) is 6.49. The smallest absolute Gasteiger partial charge is 0.390 e. The lowest BCUT2D eigenvalue weighted by atomic mass is 10.2. The Bertz CT molecular complexity index is 380. The standard InChI is InChI=1S/C12H16F3NO2/c1-17-10-3-4-11(18-2)9(7-10)8-16-6-5-12(13,14)15/h3-4,7,16H,5-6,8H2,1-2H3. The minimum Gasteiger partial charge on any atom is -0.497 e. The van der Waals surface area contributed by atoms with Crippen LogP contribution in [-0.4, -0.2) is 26.9 Å². The summed E-state index contributed by atoms with van der Waals surface area (Å²) < 4.78 is 46.1. The molecule has 1 aromatic carbocycles. The molecule has 102 valence electrons. The molecule has 1 aromatic rings. The van der Waals surface area contributed by atoms with Crippen molar-refractivity contribution in [3.05, 3.63) is 23.8 Å². The molecule has 0 aliphatic carbocycles. The normalized spacial score (nSPS) is 11.4. The van der Waals surface area contributed by atoms with Crippen LogP contribution in [-0.2, 0) is 6.54 Å². The lowest BCUT2D eigenvalue weighted by Crippen LogP contribution is -2.21. The quantitative estimate of drug-likeness (QED) is 0.800. The molecule has 0 saturated carbocycles. The van der Waals surface area contributed by atoms with Crippen molar-refractivity contribution in [2.75, 3.05) is 20.8 Å². The lowest BCUT2D eigenvalue weighted by molar-refractivity contribution is -0.133. The summed E-state index contributed by atoms with van der Waals surface area (Å²) >= 11 is 0. The summed E-state index contributed by atoms with van der Waals surface area (Å²) in [5.41, 5.74) is 0.763. The van der Waals surface area contributed by atoms with Crippen LogP contribution in [0, 0.1) is 0 Å². The van der Waals surface area contributed by atoms with Crippen molar-refractivity contribution in [2.45, 2.75) is 19.1 Å². The van der Waals surface area contributed by atoms with Crippen LogP contribution in [0.15, 0.2) is 18.2 Å². The third-order valence-corrected chi connectivity index (χ3v) is 2.39. The monoisotopic (exact) mass is 263 g/mol. The van der Waals surface area contributed by atoms with Crippen molar-refractivity contribution in [2.24, 2.45) is 0 Å². The molecular weight excluding hydrogens is 247 g/mol. The molecule has 6 heteroatoms. The van der Waals surface area contributed by atoms with Crippen molar-refractivity contribution in [1.29, 1.82) is 0 Å². The van der Waals surface area contributed by atoms with E-state index in [1.807, 2.05) is 0 Å². The molecule has 0 heterocycles. The molecule has 0 saturated heterocycles. The Morgan fingerprint density at radius 2 is 1.89 bits per heavy atom. The molecule has 1 rings (SSSR count). The second-order valence-corrected chi connectivity index (χ2v) is 3.72. The van der Waals surface area contributed by atoms with Crippen molar-refractivity contribution in [1.82, 2.24) is 5.32 Å². The van der Waals surface area contributed by atoms with E-state index >= 15 is 0 Å². The van der Waals surface area contributed by atoms with Gasteiger partial charge in [-0.2, -0.15) is 13.2 Å². The van der Waals surface area contributed by atoms with E-state index < -0.39 is 12.6 Å². The highest BCUT2D eigenvalue weighted by Gasteiger charge is 2.25. The Morgan fingerprint density at radius 3 is 2.44 bits per heavy atom. The van der Waals surface area contributed by atoms with Crippen molar-refractivity contribution in [3.8, 4) is 11.5 Å². The van der Waals surface area contributed by atoms with Crippen LogP contribution in [0.3, 0.4) is 0 Å². The molecule has 0 aliphatic rings. The molecule has 0 atom stereocenters. The summed E-state index contributed by atoms with van der Waals surface area (Å²) in [6, 6.07) is 5.19. The van der Waals surface area contributed by atoms with Gasteiger partial charge in [0.25, 0.3) is 0 Å². The summed E-state index contributed by atoms with van der Waals surface area (Å²) in [7, 11) is 3.05. The fourth-order valence-corrected chi connectivity index (χ4v) is 1.47. The van der Waals surface area contributed by atoms with Gasteiger partial charge in [0.05, 0.1) is 20.6 Å². The molecule has 0 aromatic heterocycles. The zero-order chi connectivity index (χ0) is 13.6. The van der Waals surface area contributed by atoms with Crippen LogP contribution in [0.1, 0.15) is 12.0 Å². The van der Waals surface area contributed by atoms with Gasteiger partial charge in [-0.05, 0) is 18.2 Å². The molecule has 0 fully saturated rings. The molecule has 3 nitrogen and oxygen atoms in total. The first-order valence-electron chi connectivity index (χ1n) is 5.44. The third kappa shape index (κ3) is 4.83. The van der Waals surface area contributed by atoms with Crippen LogP contribution in [0.5, 0.6) is 11.5 Å². The van der Waals surface area contributed by atoms with E-state index in [2.05, 4.69) is 5.32 Å². The predicted octanol–water partition coefficient (Wildman–Crippen LogP) is 2.75. The predicted molar refractivity (Wildman–Crippen MR) is 61.9 cm³/mol. The number of methoxy groups -OCH3 is 2. The number of hydrogen-bond acceptors (Lipinski definition) is 3. The zero-order valence-corrected chi connectivity index (χ0v) is 10.3. The van der Waals surface area contributed by atoms with Crippen LogP contribution < -0.4 is 14.8 Å². The van der Waals surface area contributed by atoms with Crippen LogP contribution in [0.25, 0.3) is 0 Å². The number of alkyl halides is 3. The lowest BCUT2D eigenvalue weighted by Gasteiger charge is -2.12. The molecule has 0 bridgehead atoms. The first-order valence-corrected chi connectivity index (χ1v) is 5.44. The van der Waals surface area contributed by atoms with Crippen LogP contribution in [0.4, 0.5) is 13.2 Å². The van der Waals surface area contributed by atoms with Gasteiger partial charge < -0.3 is 14.8 Å². The summed E-state index contributed by atoms with van der Waals surface area (Å²) in [5.74, 6) is 1.26. The van der Waals surface area contributed by atoms with E-state index in [9.17, 15) is 13.2 Å². The Hall–Kier alpha value is -1.43. The molecular formula is C12H16F3NO2. The van der Waals surface area contributed by atoms with Gasteiger partial charge in [0.15, 0.2) is 0 Å². The van der Waals surface area contributed by atoms with E-state index in [1.165, 1.54) is 14.2 Å². The highest BCUT2D eigenvalue weighted by Crippen LogP contribution is 2.24. The molecule has 0 radical (unpaired) electrons. The van der Waals surface area contributed by atoms with Gasteiger partial charge in [-0.3, -0.25) is 0 Å². The third-order valence-electron chi connectivity index (χ3n) is 2.39. The van der Waals surface area contributed by atoms with E-state index in [0.29, 0.717) is 18.0 Å². The van der Waals surface area contributed by atoms with Gasteiger partial charge in [-0.15, -0.1) is 0 Å². The summed E-state index contributed by atoms with van der Waals surface area (Å²) in [6.07, 6.45) is -4.98. The second-order valence-electron chi connectivity index (χ2n) is 3.72. The summed E-state index contributed by atoms with van der Waals surface area (Å²) in [4.78, 5) is 0. The van der Waals surface area contributed by atoms with Gasteiger partial charge in [0, 0.05) is 18.7 Å². The van der Waals surface area contributed by atoms with E-state index in [1.54, 1.807) is 18.2 Å². The van der Waals surface area contributed by atoms with Gasteiger partial charge in [0.2, 0.25) is 0 Å². The minimum absolute atomic E-state index is 0.121. The van der Waals surface area contributed by atoms with Crippen molar-refractivity contribution in [3.63, 3.8) is 0 Å². The largest absolute Gasteiger partial charge is 0.497 e. The van der Waals surface area contributed by atoms with E-state index in [0.717, 1.165) is 5.56 Å². The maximum Gasteiger partial charge on any atom is 0.390 e. The maximum absolute atomic E-state index is 12.0. The van der Waals surface area contributed by atoms with Gasteiger partial charge >= 0.3 is 6.18 Å². The fourth-order valence-electron chi connectivity index (χ4n) is 1.47. The Balaban J connectivity index is 2.54. The number of ether oxygens (including phenoxy) is 2.